The van der Waals surface area contributed by atoms with Gasteiger partial charge in [0.25, 0.3) is 0 Å². The highest BCUT2D eigenvalue weighted by molar-refractivity contribution is 5.66. The number of rotatable bonds is 2. The average Bonchev–Trinajstić information content (AvgIpc) is 2.61. The molecule has 2 N–H and O–H groups in total. The number of hydrogen-bond acceptors (Lipinski definition) is 2. The number of anilines is 1. The summed E-state index contributed by atoms with van der Waals surface area (Å²) >= 11 is 0. The summed E-state index contributed by atoms with van der Waals surface area (Å²) in [6.45, 7) is -1.18. The van der Waals surface area contributed by atoms with Gasteiger partial charge in [-0.05, 0) is 23.8 Å². The fourth-order valence-electron chi connectivity index (χ4n) is 1.56. The lowest BCUT2D eigenvalue weighted by molar-refractivity contribution is -0.142. The minimum atomic E-state index is -4.34. The number of nitrogens with two attached hydrogens (primary N) is 1. The van der Waals surface area contributed by atoms with Gasteiger partial charge in [0, 0.05) is 17.4 Å². The first-order chi connectivity index (χ1) is 8.33. The van der Waals surface area contributed by atoms with Gasteiger partial charge in [-0.15, -0.1) is 0 Å². The van der Waals surface area contributed by atoms with Gasteiger partial charge >= 0.3 is 6.18 Å². The fourth-order valence-corrected chi connectivity index (χ4v) is 1.56. The molecule has 7 heteroatoms. The first-order valence-corrected chi connectivity index (χ1v) is 4.99. The molecule has 1 aromatic carbocycles. The standard InChI is InChI=1S/C11H9F4N3/c12-9-1-7(2-10(16)3-9)8-4-17-18(5-8)6-11(13,14)15/h1-5H,6,16H2. The number of aromatic nitrogens is 2. The van der Waals surface area contributed by atoms with E-state index in [0.717, 1.165) is 10.7 Å². The van der Waals surface area contributed by atoms with E-state index in [-0.39, 0.29) is 5.69 Å². The summed E-state index contributed by atoms with van der Waals surface area (Å²) in [6.07, 6.45) is -1.91. The molecular weight excluding hydrogens is 250 g/mol. The van der Waals surface area contributed by atoms with Gasteiger partial charge in [0.15, 0.2) is 0 Å². The summed E-state index contributed by atoms with van der Waals surface area (Å²) in [7, 11) is 0. The zero-order valence-electron chi connectivity index (χ0n) is 9.08. The van der Waals surface area contributed by atoms with Crippen molar-refractivity contribution in [2.75, 3.05) is 5.73 Å². The van der Waals surface area contributed by atoms with Crippen LogP contribution in [0.1, 0.15) is 0 Å². The number of alkyl halides is 3. The molecule has 0 radical (unpaired) electrons. The molecule has 96 valence electrons. The molecule has 0 saturated carbocycles. The Bertz CT molecular complexity index is 539. The van der Waals surface area contributed by atoms with Gasteiger partial charge in [-0.25, -0.2) is 4.39 Å². The number of benzene rings is 1. The van der Waals surface area contributed by atoms with Crippen LogP contribution in [0, 0.1) is 5.82 Å². The summed E-state index contributed by atoms with van der Waals surface area (Å²) in [5, 5.41) is 3.57. The van der Waals surface area contributed by atoms with Crippen LogP contribution in [0.4, 0.5) is 23.2 Å². The van der Waals surface area contributed by atoms with Crippen LogP contribution >= 0.6 is 0 Å². The smallest absolute Gasteiger partial charge is 0.399 e. The molecule has 0 fully saturated rings. The van der Waals surface area contributed by atoms with Crippen LogP contribution in [0.5, 0.6) is 0 Å². The second kappa shape index (κ2) is 4.32. The Balaban J connectivity index is 2.29. The van der Waals surface area contributed by atoms with Crippen molar-refractivity contribution in [3.63, 3.8) is 0 Å². The predicted molar refractivity (Wildman–Crippen MR) is 58.1 cm³/mol. The second-order valence-corrected chi connectivity index (χ2v) is 3.82. The first-order valence-electron chi connectivity index (χ1n) is 4.99. The third-order valence-electron chi connectivity index (χ3n) is 2.23. The molecule has 0 spiro atoms. The topological polar surface area (TPSA) is 43.8 Å². The highest BCUT2D eigenvalue weighted by Gasteiger charge is 2.28. The largest absolute Gasteiger partial charge is 0.408 e. The molecule has 1 heterocycles. The van der Waals surface area contributed by atoms with Gasteiger partial charge in [0.2, 0.25) is 0 Å². The van der Waals surface area contributed by atoms with Crippen molar-refractivity contribution in [2.24, 2.45) is 0 Å². The Kier molecular flexibility index (Phi) is 2.98. The van der Waals surface area contributed by atoms with Crippen molar-refractivity contribution in [3.8, 4) is 11.1 Å². The van der Waals surface area contributed by atoms with Crippen LogP contribution < -0.4 is 5.73 Å². The third-order valence-corrected chi connectivity index (χ3v) is 2.23. The number of nitrogens with zero attached hydrogens (tertiary/aromatic N) is 2. The van der Waals surface area contributed by atoms with E-state index in [1.54, 1.807) is 0 Å². The molecule has 1 aromatic heterocycles. The molecule has 0 aliphatic rings. The minimum Gasteiger partial charge on any atom is -0.399 e. The maximum absolute atomic E-state index is 13.1. The van der Waals surface area contributed by atoms with Crippen LogP contribution in [0.25, 0.3) is 11.1 Å². The van der Waals surface area contributed by atoms with E-state index in [9.17, 15) is 17.6 Å². The molecule has 0 saturated heterocycles. The Morgan fingerprint density at radius 2 is 1.89 bits per heavy atom. The molecule has 0 unspecified atom stereocenters. The van der Waals surface area contributed by atoms with Crippen molar-refractivity contribution in [3.05, 3.63) is 36.4 Å². The lowest BCUT2D eigenvalue weighted by atomic mass is 10.1. The molecule has 0 amide bonds. The molecule has 0 aliphatic carbocycles. The number of halogens is 4. The minimum absolute atomic E-state index is 0.202. The van der Waals surface area contributed by atoms with E-state index >= 15 is 0 Å². The van der Waals surface area contributed by atoms with Crippen LogP contribution in [-0.4, -0.2) is 16.0 Å². The summed E-state index contributed by atoms with van der Waals surface area (Å²) in [6, 6.07) is 3.78. The maximum Gasteiger partial charge on any atom is 0.408 e. The van der Waals surface area contributed by atoms with E-state index in [1.165, 1.54) is 24.5 Å². The van der Waals surface area contributed by atoms with Gasteiger partial charge < -0.3 is 5.73 Å². The van der Waals surface area contributed by atoms with E-state index in [0.29, 0.717) is 11.1 Å². The van der Waals surface area contributed by atoms with Crippen molar-refractivity contribution in [1.29, 1.82) is 0 Å². The molecular formula is C11H9F4N3. The Labute approximate surface area is 99.8 Å². The van der Waals surface area contributed by atoms with Gasteiger partial charge in [0.1, 0.15) is 12.4 Å². The van der Waals surface area contributed by atoms with Crippen molar-refractivity contribution in [1.82, 2.24) is 9.78 Å². The van der Waals surface area contributed by atoms with Crippen LogP contribution in [-0.2, 0) is 6.54 Å². The molecule has 0 aliphatic heterocycles. The van der Waals surface area contributed by atoms with Crippen molar-refractivity contribution >= 4 is 5.69 Å². The average molecular weight is 259 g/mol. The maximum atomic E-state index is 13.1. The molecule has 3 nitrogen and oxygen atoms in total. The Morgan fingerprint density at radius 1 is 1.17 bits per heavy atom. The Hall–Kier alpha value is -2.05. The van der Waals surface area contributed by atoms with Gasteiger partial charge in [0.05, 0.1) is 6.20 Å². The quantitative estimate of drug-likeness (QED) is 0.665. The zero-order valence-corrected chi connectivity index (χ0v) is 9.08. The third kappa shape index (κ3) is 2.99. The monoisotopic (exact) mass is 259 g/mol. The molecule has 0 bridgehead atoms. The van der Waals surface area contributed by atoms with E-state index in [2.05, 4.69) is 5.10 Å². The van der Waals surface area contributed by atoms with E-state index in [4.69, 9.17) is 5.73 Å². The zero-order chi connectivity index (χ0) is 13.3. The molecule has 18 heavy (non-hydrogen) atoms. The van der Waals surface area contributed by atoms with E-state index < -0.39 is 18.5 Å². The van der Waals surface area contributed by atoms with Gasteiger partial charge in [-0.2, -0.15) is 18.3 Å². The first kappa shape index (κ1) is 12.4. The molecule has 2 aromatic rings. The Morgan fingerprint density at radius 3 is 2.50 bits per heavy atom. The number of hydrogen-bond donors (Lipinski definition) is 1. The highest BCUT2D eigenvalue weighted by Crippen LogP contribution is 2.24. The molecule has 0 atom stereocenters. The fraction of sp³-hybridized carbons (Fsp3) is 0.182. The van der Waals surface area contributed by atoms with Crippen molar-refractivity contribution in [2.45, 2.75) is 12.7 Å². The van der Waals surface area contributed by atoms with Crippen LogP contribution in [0.15, 0.2) is 30.6 Å². The van der Waals surface area contributed by atoms with Crippen molar-refractivity contribution < 1.29 is 17.6 Å². The number of nitrogen functional groups attached to an aromatic ring is 1. The van der Waals surface area contributed by atoms with Gasteiger partial charge in [-0.3, -0.25) is 4.68 Å². The van der Waals surface area contributed by atoms with Crippen LogP contribution in [0.2, 0.25) is 0 Å². The second-order valence-electron chi connectivity index (χ2n) is 3.82. The lowest BCUT2D eigenvalue weighted by Crippen LogP contribution is -2.17. The summed E-state index contributed by atoms with van der Waals surface area (Å²) in [4.78, 5) is 0. The summed E-state index contributed by atoms with van der Waals surface area (Å²) in [5.41, 5.74) is 6.43. The lowest BCUT2D eigenvalue weighted by Gasteiger charge is -2.05. The highest BCUT2D eigenvalue weighted by atomic mass is 19.4. The van der Waals surface area contributed by atoms with Gasteiger partial charge in [-0.1, -0.05) is 0 Å². The SMILES string of the molecule is Nc1cc(F)cc(-c2cnn(CC(F)(F)F)c2)c1. The normalized spacial score (nSPS) is 11.8. The summed E-state index contributed by atoms with van der Waals surface area (Å²) < 4.78 is 50.3. The van der Waals surface area contributed by atoms with E-state index in [1.807, 2.05) is 0 Å². The summed E-state index contributed by atoms with van der Waals surface area (Å²) in [5.74, 6) is -0.548. The molecule has 2 rings (SSSR count). The predicted octanol–water partition coefficient (Wildman–Crippen LogP) is 2.83. The van der Waals surface area contributed by atoms with Crippen LogP contribution in [0.3, 0.4) is 0 Å².